The minimum atomic E-state index is -0.321. The van der Waals surface area contributed by atoms with E-state index in [1.807, 2.05) is 71.6 Å². The van der Waals surface area contributed by atoms with Crippen molar-refractivity contribution in [3.63, 3.8) is 0 Å². The molecule has 1 saturated heterocycles. The van der Waals surface area contributed by atoms with Gasteiger partial charge in [-0.1, -0.05) is 30.3 Å². The molecule has 6 nitrogen and oxygen atoms in total. The Hall–Kier alpha value is -3.80. The summed E-state index contributed by atoms with van der Waals surface area (Å²) in [7, 11) is 0. The fourth-order valence-corrected chi connectivity index (χ4v) is 3.66. The smallest absolute Gasteiger partial charge is 0.249 e. The summed E-state index contributed by atoms with van der Waals surface area (Å²) in [6, 6.07) is 21.0. The van der Waals surface area contributed by atoms with Crippen LogP contribution in [0.25, 0.3) is 22.3 Å². The maximum absolute atomic E-state index is 13.0. The predicted octanol–water partition coefficient (Wildman–Crippen LogP) is 3.91. The minimum absolute atomic E-state index is 0.0596. The summed E-state index contributed by atoms with van der Waals surface area (Å²) in [5.74, 6) is 1.35. The number of amides is 1. The molecule has 1 atom stereocenters. The predicted molar refractivity (Wildman–Crippen MR) is 114 cm³/mol. The van der Waals surface area contributed by atoms with Crippen molar-refractivity contribution in [1.29, 1.82) is 0 Å². The van der Waals surface area contributed by atoms with Crippen LogP contribution in [0.5, 0.6) is 0 Å². The van der Waals surface area contributed by atoms with Crippen LogP contribution in [0.3, 0.4) is 0 Å². The lowest BCUT2D eigenvalue weighted by molar-refractivity contribution is -0.117. The van der Waals surface area contributed by atoms with Gasteiger partial charge in [-0.2, -0.15) is 0 Å². The van der Waals surface area contributed by atoms with Gasteiger partial charge in [0.1, 0.15) is 11.9 Å². The standard InChI is InChI=1S/C23H19N5O/c29-23-20(12-15-28(23)17-6-2-1-3-7-17)26-22-18-8-4-5-9-19(18)25-21(27-22)16-10-13-24-14-11-16/h1-11,13-14,20H,12,15H2,(H,25,26,27). The van der Waals surface area contributed by atoms with Crippen LogP contribution in [0.15, 0.2) is 79.1 Å². The first-order chi connectivity index (χ1) is 14.3. The van der Waals surface area contributed by atoms with Gasteiger partial charge in [0.05, 0.1) is 5.52 Å². The fraction of sp³-hybridized carbons (Fsp3) is 0.130. The summed E-state index contributed by atoms with van der Waals surface area (Å²) < 4.78 is 0. The summed E-state index contributed by atoms with van der Waals surface area (Å²) in [5, 5.41) is 4.28. The Labute approximate surface area is 168 Å². The molecule has 4 aromatic rings. The topological polar surface area (TPSA) is 71.0 Å². The number of nitrogens with one attached hydrogen (secondary N) is 1. The molecule has 6 heteroatoms. The third kappa shape index (κ3) is 3.29. The maximum Gasteiger partial charge on any atom is 0.249 e. The molecule has 3 heterocycles. The average molecular weight is 381 g/mol. The Kier molecular flexibility index (Phi) is 4.37. The van der Waals surface area contributed by atoms with Crippen LogP contribution >= 0.6 is 0 Å². The van der Waals surface area contributed by atoms with E-state index in [0.29, 0.717) is 18.2 Å². The van der Waals surface area contributed by atoms with Crippen LogP contribution in [-0.4, -0.2) is 33.4 Å². The highest BCUT2D eigenvalue weighted by Crippen LogP contribution is 2.28. The molecule has 142 valence electrons. The molecule has 0 bridgehead atoms. The third-order valence-electron chi connectivity index (χ3n) is 5.13. The van der Waals surface area contributed by atoms with E-state index in [0.717, 1.165) is 28.6 Å². The van der Waals surface area contributed by atoms with Crippen molar-refractivity contribution < 1.29 is 4.79 Å². The molecule has 1 unspecified atom stereocenters. The van der Waals surface area contributed by atoms with E-state index < -0.39 is 0 Å². The lowest BCUT2D eigenvalue weighted by Crippen LogP contribution is -2.33. The maximum atomic E-state index is 13.0. The number of rotatable bonds is 4. The molecular weight excluding hydrogens is 362 g/mol. The Morgan fingerprint density at radius 2 is 1.66 bits per heavy atom. The summed E-state index contributed by atoms with van der Waals surface area (Å²) in [5.41, 5.74) is 2.64. The van der Waals surface area contributed by atoms with Crippen LogP contribution < -0.4 is 10.2 Å². The normalized spacial score (nSPS) is 16.3. The van der Waals surface area contributed by atoms with Crippen molar-refractivity contribution in [2.75, 3.05) is 16.8 Å². The van der Waals surface area contributed by atoms with E-state index in [4.69, 9.17) is 4.98 Å². The SMILES string of the molecule is O=C1C(Nc2nc(-c3ccncc3)nc3ccccc23)CCN1c1ccccc1. The van der Waals surface area contributed by atoms with Crippen LogP contribution in [-0.2, 0) is 4.79 Å². The van der Waals surface area contributed by atoms with E-state index in [9.17, 15) is 4.79 Å². The highest BCUT2D eigenvalue weighted by molar-refractivity contribution is 6.02. The summed E-state index contributed by atoms with van der Waals surface area (Å²) in [6.45, 7) is 0.681. The molecule has 2 aromatic carbocycles. The Morgan fingerprint density at radius 3 is 2.48 bits per heavy atom. The molecule has 1 aliphatic heterocycles. The number of hydrogen-bond acceptors (Lipinski definition) is 5. The first-order valence-electron chi connectivity index (χ1n) is 9.60. The lowest BCUT2D eigenvalue weighted by atomic mass is 10.2. The van der Waals surface area contributed by atoms with Gasteiger partial charge in [0.15, 0.2) is 5.82 Å². The second kappa shape index (κ2) is 7.31. The molecule has 0 saturated carbocycles. The Morgan fingerprint density at radius 1 is 0.897 bits per heavy atom. The first kappa shape index (κ1) is 17.3. The highest BCUT2D eigenvalue weighted by Gasteiger charge is 2.33. The van der Waals surface area contributed by atoms with Gasteiger partial charge in [0.25, 0.3) is 0 Å². The number of para-hydroxylation sites is 2. The first-order valence-corrected chi connectivity index (χ1v) is 9.60. The van der Waals surface area contributed by atoms with Gasteiger partial charge in [0, 0.05) is 35.6 Å². The molecule has 5 rings (SSSR count). The molecule has 1 fully saturated rings. The number of fused-ring (bicyclic) bond motifs is 1. The van der Waals surface area contributed by atoms with Gasteiger partial charge in [-0.25, -0.2) is 9.97 Å². The molecule has 0 radical (unpaired) electrons. The number of aromatic nitrogens is 3. The Balaban J connectivity index is 1.50. The van der Waals surface area contributed by atoms with Crippen molar-refractivity contribution in [1.82, 2.24) is 15.0 Å². The molecule has 0 spiro atoms. The van der Waals surface area contributed by atoms with Crippen molar-refractivity contribution in [3.8, 4) is 11.4 Å². The number of pyridine rings is 1. The summed E-state index contributed by atoms with van der Waals surface area (Å²) in [6.07, 6.45) is 4.16. The quantitative estimate of drug-likeness (QED) is 0.580. The molecule has 2 aromatic heterocycles. The number of carbonyl (C=O) groups is 1. The van der Waals surface area contributed by atoms with Gasteiger partial charge in [-0.05, 0) is 42.8 Å². The minimum Gasteiger partial charge on any atom is -0.358 e. The van der Waals surface area contributed by atoms with Crippen LogP contribution in [0, 0.1) is 0 Å². The van der Waals surface area contributed by atoms with Gasteiger partial charge < -0.3 is 10.2 Å². The monoisotopic (exact) mass is 381 g/mol. The van der Waals surface area contributed by atoms with E-state index >= 15 is 0 Å². The van der Waals surface area contributed by atoms with E-state index in [-0.39, 0.29) is 11.9 Å². The van der Waals surface area contributed by atoms with Crippen LogP contribution in [0.2, 0.25) is 0 Å². The highest BCUT2D eigenvalue weighted by atomic mass is 16.2. The molecule has 0 aliphatic carbocycles. The second-order valence-electron chi connectivity index (χ2n) is 6.96. The van der Waals surface area contributed by atoms with Gasteiger partial charge >= 0.3 is 0 Å². The van der Waals surface area contributed by atoms with E-state index in [1.165, 1.54) is 0 Å². The zero-order valence-electron chi connectivity index (χ0n) is 15.7. The number of hydrogen-bond donors (Lipinski definition) is 1. The van der Waals surface area contributed by atoms with Crippen molar-refractivity contribution in [2.24, 2.45) is 0 Å². The van der Waals surface area contributed by atoms with Crippen LogP contribution in [0.1, 0.15) is 6.42 Å². The zero-order valence-corrected chi connectivity index (χ0v) is 15.7. The zero-order chi connectivity index (χ0) is 19.6. The molecular formula is C23H19N5O. The average Bonchev–Trinajstić information content (AvgIpc) is 3.15. The van der Waals surface area contributed by atoms with Gasteiger partial charge in [-0.3, -0.25) is 9.78 Å². The second-order valence-corrected chi connectivity index (χ2v) is 6.96. The number of carbonyl (C=O) groups excluding carboxylic acids is 1. The molecule has 29 heavy (non-hydrogen) atoms. The van der Waals surface area contributed by atoms with Crippen molar-refractivity contribution >= 4 is 28.3 Å². The summed E-state index contributed by atoms with van der Waals surface area (Å²) >= 11 is 0. The van der Waals surface area contributed by atoms with E-state index in [1.54, 1.807) is 12.4 Å². The fourth-order valence-electron chi connectivity index (χ4n) is 3.66. The van der Waals surface area contributed by atoms with Gasteiger partial charge in [0.2, 0.25) is 5.91 Å². The number of benzene rings is 2. The Bertz CT molecular complexity index is 1160. The van der Waals surface area contributed by atoms with Crippen molar-refractivity contribution in [3.05, 3.63) is 79.1 Å². The van der Waals surface area contributed by atoms with Crippen LogP contribution in [0.4, 0.5) is 11.5 Å². The lowest BCUT2D eigenvalue weighted by Gasteiger charge is -2.18. The largest absolute Gasteiger partial charge is 0.358 e. The van der Waals surface area contributed by atoms with Gasteiger partial charge in [-0.15, -0.1) is 0 Å². The van der Waals surface area contributed by atoms with E-state index in [2.05, 4.69) is 15.3 Å². The molecule has 1 aliphatic rings. The number of nitrogens with zero attached hydrogens (tertiary/aromatic N) is 4. The van der Waals surface area contributed by atoms with Crippen molar-refractivity contribution in [2.45, 2.75) is 12.5 Å². The third-order valence-corrected chi connectivity index (χ3v) is 5.13. The molecule has 1 N–H and O–H groups in total. The number of anilines is 2. The molecule has 1 amide bonds. The summed E-state index contributed by atoms with van der Waals surface area (Å²) in [4.78, 5) is 28.3.